The zero-order chi connectivity index (χ0) is 25.3. The molecule has 0 saturated carbocycles. The number of sulfonamides is 1. The van der Waals surface area contributed by atoms with E-state index in [-0.39, 0.29) is 4.90 Å². The molecular formula is C25H23N7O3S. The Bertz CT molecular complexity index is 1610. The Morgan fingerprint density at radius 2 is 1.69 bits per heavy atom. The van der Waals surface area contributed by atoms with Crippen molar-refractivity contribution in [1.29, 1.82) is 0 Å². The van der Waals surface area contributed by atoms with Crippen molar-refractivity contribution in [1.82, 2.24) is 29.5 Å². The third kappa shape index (κ3) is 4.68. The Hall–Kier alpha value is -4.51. The molecule has 0 radical (unpaired) electrons. The molecule has 0 amide bonds. The van der Waals surface area contributed by atoms with E-state index in [1.165, 1.54) is 18.5 Å². The fraction of sp³-hybridized carbons (Fsp3) is 0.120. The fourth-order valence-electron chi connectivity index (χ4n) is 3.57. The third-order valence-corrected chi connectivity index (χ3v) is 7.14. The van der Waals surface area contributed by atoms with Gasteiger partial charge in [-0.05, 0) is 80.9 Å². The van der Waals surface area contributed by atoms with E-state index in [1.54, 1.807) is 70.3 Å². The van der Waals surface area contributed by atoms with Crippen LogP contribution in [0.2, 0.25) is 0 Å². The van der Waals surface area contributed by atoms with Gasteiger partial charge in [-0.2, -0.15) is 10.2 Å². The van der Waals surface area contributed by atoms with Crippen molar-refractivity contribution in [2.45, 2.75) is 25.7 Å². The highest BCUT2D eigenvalue weighted by molar-refractivity contribution is 7.92. The molecule has 5 aromatic rings. The first-order valence-electron chi connectivity index (χ1n) is 11.1. The van der Waals surface area contributed by atoms with Crippen molar-refractivity contribution in [3.05, 3.63) is 96.3 Å². The summed E-state index contributed by atoms with van der Waals surface area (Å²) >= 11 is 0. The highest BCUT2D eigenvalue weighted by Gasteiger charge is 2.15. The van der Waals surface area contributed by atoms with E-state index in [0.29, 0.717) is 23.1 Å². The van der Waals surface area contributed by atoms with Crippen molar-refractivity contribution in [2.75, 3.05) is 4.72 Å². The summed E-state index contributed by atoms with van der Waals surface area (Å²) in [6.07, 6.45) is 4.86. The number of anilines is 1. The van der Waals surface area contributed by atoms with Gasteiger partial charge in [-0.1, -0.05) is 0 Å². The van der Waals surface area contributed by atoms with Gasteiger partial charge in [0.1, 0.15) is 12.1 Å². The fourth-order valence-corrected chi connectivity index (χ4v) is 4.63. The van der Waals surface area contributed by atoms with Crippen LogP contribution in [0.4, 0.5) is 5.69 Å². The number of aryl methyl sites for hydroxylation is 1. The lowest BCUT2D eigenvalue weighted by molar-refractivity contribution is 0.460. The highest BCUT2D eigenvalue weighted by atomic mass is 32.2. The second kappa shape index (κ2) is 9.27. The van der Waals surface area contributed by atoms with Crippen LogP contribution < -0.4 is 9.46 Å². The largest absolute Gasteiger partial charge is 0.439 e. The van der Waals surface area contributed by atoms with Gasteiger partial charge in [0.25, 0.3) is 10.0 Å². The van der Waals surface area contributed by atoms with Crippen LogP contribution in [-0.4, -0.2) is 37.9 Å². The SMILES string of the molecule is Cc1nn(-c2cc(Oc3ccc(NS(=O)(=O)c4ccc(-n5cccn5)cc4)cc3)ncn2)c(C)c1C. The van der Waals surface area contributed by atoms with Crippen LogP contribution in [0.15, 0.2) is 84.3 Å². The monoisotopic (exact) mass is 501 g/mol. The van der Waals surface area contributed by atoms with Crippen molar-refractivity contribution >= 4 is 15.7 Å². The van der Waals surface area contributed by atoms with E-state index in [0.717, 1.165) is 22.6 Å². The lowest BCUT2D eigenvalue weighted by Gasteiger charge is -2.10. The molecule has 1 N–H and O–H groups in total. The first-order valence-corrected chi connectivity index (χ1v) is 12.5. The van der Waals surface area contributed by atoms with E-state index in [4.69, 9.17) is 4.74 Å². The van der Waals surface area contributed by atoms with Crippen LogP contribution in [0.3, 0.4) is 0 Å². The molecule has 0 aliphatic carbocycles. The summed E-state index contributed by atoms with van der Waals surface area (Å²) in [4.78, 5) is 8.62. The predicted molar refractivity (Wildman–Crippen MR) is 134 cm³/mol. The Balaban J connectivity index is 1.28. The first kappa shape index (κ1) is 23.2. The molecule has 2 aromatic carbocycles. The van der Waals surface area contributed by atoms with E-state index in [1.807, 2.05) is 20.8 Å². The minimum atomic E-state index is -3.76. The number of hydrogen-bond donors (Lipinski definition) is 1. The third-order valence-electron chi connectivity index (χ3n) is 5.74. The van der Waals surface area contributed by atoms with Gasteiger partial charge in [-0.25, -0.2) is 27.7 Å². The Morgan fingerprint density at radius 3 is 2.33 bits per heavy atom. The van der Waals surface area contributed by atoms with Crippen molar-refractivity contribution in [3.8, 4) is 23.1 Å². The van der Waals surface area contributed by atoms with E-state index < -0.39 is 10.0 Å². The molecule has 0 fully saturated rings. The smallest absolute Gasteiger partial charge is 0.261 e. The first-order chi connectivity index (χ1) is 17.3. The predicted octanol–water partition coefficient (Wildman–Crippen LogP) is 4.37. The van der Waals surface area contributed by atoms with Gasteiger partial charge in [-0.3, -0.25) is 4.72 Å². The van der Waals surface area contributed by atoms with Gasteiger partial charge in [0.05, 0.1) is 16.3 Å². The number of rotatable bonds is 7. The normalized spacial score (nSPS) is 11.4. The molecule has 10 nitrogen and oxygen atoms in total. The van der Waals surface area contributed by atoms with Gasteiger partial charge >= 0.3 is 0 Å². The van der Waals surface area contributed by atoms with Gasteiger partial charge in [0.2, 0.25) is 5.88 Å². The van der Waals surface area contributed by atoms with Gasteiger partial charge in [0.15, 0.2) is 5.82 Å². The van der Waals surface area contributed by atoms with E-state index in [9.17, 15) is 8.42 Å². The van der Waals surface area contributed by atoms with Crippen LogP contribution in [0, 0.1) is 20.8 Å². The van der Waals surface area contributed by atoms with Crippen molar-refractivity contribution in [3.63, 3.8) is 0 Å². The van der Waals surface area contributed by atoms with Gasteiger partial charge in [0, 0.05) is 29.8 Å². The number of nitrogens with one attached hydrogen (secondary N) is 1. The Labute approximate surface area is 208 Å². The Kier molecular flexibility index (Phi) is 5.98. The van der Waals surface area contributed by atoms with E-state index in [2.05, 4.69) is 24.9 Å². The molecule has 0 bridgehead atoms. The van der Waals surface area contributed by atoms with Crippen LogP contribution in [0.25, 0.3) is 11.5 Å². The second-order valence-electron chi connectivity index (χ2n) is 8.10. The molecule has 0 unspecified atom stereocenters. The molecule has 3 aromatic heterocycles. The summed E-state index contributed by atoms with van der Waals surface area (Å²) < 4.78 is 37.5. The number of ether oxygens (including phenoxy) is 1. The number of hydrogen-bond acceptors (Lipinski definition) is 7. The molecule has 11 heteroatoms. The van der Waals surface area contributed by atoms with Gasteiger partial charge in [-0.15, -0.1) is 0 Å². The molecular weight excluding hydrogens is 478 g/mol. The summed E-state index contributed by atoms with van der Waals surface area (Å²) in [6.45, 7) is 5.94. The van der Waals surface area contributed by atoms with Crippen LogP contribution in [0.5, 0.6) is 11.6 Å². The topological polar surface area (TPSA) is 117 Å². The van der Waals surface area contributed by atoms with E-state index >= 15 is 0 Å². The maximum absolute atomic E-state index is 12.8. The molecule has 0 saturated heterocycles. The zero-order valence-corrected chi connectivity index (χ0v) is 20.6. The molecule has 0 spiro atoms. The maximum atomic E-state index is 12.8. The lowest BCUT2D eigenvalue weighted by atomic mass is 10.2. The number of aromatic nitrogens is 6. The zero-order valence-electron chi connectivity index (χ0n) is 19.8. The number of benzene rings is 2. The lowest BCUT2D eigenvalue weighted by Crippen LogP contribution is -2.13. The molecule has 0 aliphatic rings. The maximum Gasteiger partial charge on any atom is 0.261 e. The molecule has 5 rings (SSSR count). The summed E-state index contributed by atoms with van der Waals surface area (Å²) in [6, 6.07) is 16.5. The highest BCUT2D eigenvalue weighted by Crippen LogP contribution is 2.25. The van der Waals surface area contributed by atoms with Gasteiger partial charge < -0.3 is 4.74 Å². The van der Waals surface area contributed by atoms with Crippen LogP contribution in [0.1, 0.15) is 17.0 Å². The number of nitrogens with zero attached hydrogens (tertiary/aromatic N) is 6. The molecule has 0 atom stereocenters. The van der Waals surface area contributed by atoms with Crippen molar-refractivity contribution in [2.24, 2.45) is 0 Å². The van der Waals surface area contributed by atoms with Crippen LogP contribution in [-0.2, 0) is 10.0 Å². The molecule has 36 heavy (non-hydrogen) atoms. The minimum absolute atomic E-state index is 0.145. The summed E-state index contributed by atoms with van der Waals surface area (Å²) in [5.41, 5.74) is 4.19. The van der Waals surface area contributed by atoms with Crippen LogP contribution >= 0.6 is 0 Å². The summed E-state index contributed by atoms with van der Waals surface area (Å²) in [5.74, 6) is 1.43. The minimum Gasteiger partial charge on any atom is -0.439 e. The average Bonchev–Trinajstić information content (AvgIpc) is 3.50. The quantitative estimate of drug-likeness (QED) is 0.352. The second-order valence-corrected chi connectivity index (χ2v) is 9.78. The van der Waals surface area contributed by atoms with Crippen molar-refractivity contribution < 1.29 is 13.2 Å². The standard InChI is InChI=1S/C25H23N7O3S/c1-17-18(2)29-32(19(17)3)24-15-25(27-16-26-24)35-22-9-5-20(6-10-22)30-36(33,34)23-11-7-21(8-12-23)31-14-4-13-28-31/h4-16,30H,1-3H3. The summed E-state index contributed by atoms with van der Waals surface area (Å²) in [5, 5.41) is 8.66. The average molecular weight is 502 g/mol. The molecule has 3 heterocycles. The summed E-state index contributed by atoms with van der Waals surface area (Å²) in [7, 11) is -3.76. The molecule has 0 aliphatic heterocycles. The molecule has 182 valence electrons. The Morgan fingerprint density at radius 1 is 0.944 bits per heavy atom.